The Balaban J connectivity index is 2.89. The third-order valence-corrected chi connectivity index (χ3v) is 2.17. The van der Waals surface area contributed by atoms with Gasteiger partial charge in [0.1, 0.15) is 6.20 Å². The standard InChI is InChI=1S/C8H8N4O3/c1-2-11-5-3-4-9-7(12(14)15)6(5)10-8(11)13/h3-4H,2H2,1H3,(H,10,13). The van der Waals surface area contributed by atoms with Gasteiger partial charge in [0.05, 0.1) is 5.52 Å². The number of fused-ring (bicyclic) bond motifs is 1. The Morgan fingerprint density at radius 1 is 1.67 bits per heavy atom. The fourth-order valence-corrected chi connectivity index (χ4v) is 1.52. The molecule has 0 spiro atoms. The summed E-state index contributed by atoms with van der Waals surface area (Å²) in [5, 5.41) is 10.6. The highest BCUT2D eigenvalue weighted by atomic mass is 16.6. The zero-order valence-corrected chi connectivity index (χ0v) is 7.93. The molecule has 0 aliphatic heterocycles. The van der Waals surface area contributed by atoms with Crippen molar-refractivity contribution in [3.05, 3.63) is 32.9 Å². The molecule has 0 aromatic carbocycles. The van der Waals surface area contributed by atoms with Gasteiger partial charge >= 0.3 is 11.5 Å². The van der Waals surface area contributed by atoms with Crippen LogP contribution in [0.25, 0.3) is 11.0 Å². The summed E-state index contributed by atoms with van der Waals surface area (Å²) in [4.78, 5) is 27.5. The molecule has 2 aromatic rings. The maximum atomic E-state index is 11.4. The van der Waals surface area contributed by atoms with Crippen molar-refractivity contribution in [2.24, 2.45) is 0 Å². The minimum atomic E-state index is -0.613. The molecule has 0 fully saturated rings. The van der Waals surface area contributed by atoms with E-state index in [9.17, 15) is 14.9 Å². The number of aromatic amines is 1. The Hall–Kier alpha value is -2.18. The van der Waals surface area contributed by atoms with E-state index in [4.69, 9.17) is 0 Å². The van der Waals surface area contributed by atoms with Crippen LogP contribution in [0.5, 0.6) is 0 Å². The van der Waals surface area contributed by atoms with Crippen LogP contribution in [-0.2, 0) is 6.54 Å². The molecule has 0 amide bonds. The third-order valence-electron chi connectivity index (χ3n) is 2.17. The third kappa shape index (κ3) is 1.28. The van der Waals surface area contributed by atoms with Crippen LogP contribution < -0.4 is 5.69 Å². The van der Waals surface area contributed by atoms with Crippen molar-refractivity contribution >= 4 is 16.9 Å². The Morgan fingerprint density at radius 3 is 3.00 bits per heavy atom. The predicted molar refractivity (Wildman–Crippen MR) is 52.7 cm³/mol. The number of imidazole rings is 1. The average molecular weight is 208 g/mol. The number of aromatic nitrogens is 3. The number of hydrogen-bond acceptors (Lipinski definition) is 4. The van der Waals surface area contributed by atoms with Crippen molar-refractivity contribution in [3.63, 3.8) is 0 Å². The molecular weight excluding hydrogens is 200 g/mol. The van der Waals surface area contributed by atoms with Crippen LogP contribution in [0.3, 0.4) is 0 Å². The van der Waals surface area contributed by atoms with Gasteiger partial charge in [0.2, 0.25) is 0 Å². The first-order valence-corrected chi connectivity index (χ1v) is 4.37. The zero-order valence-electron chi connectivity index (χ0n) is 7.93. The van der Waals surface area contributed by atoms with Crippen molar-refractivity contribution in [1.82, 2.24) is 14.5 Å². The monoisotopic (exact) mass is 208 g/mol. The maximum Gasteiger partial charge on any atom is 0.389 e. The molecule has 0 atom stereocenters. The van der Waals surface area contributed by atoms with E-state index in [1.54, 1.807) is 13.0 Å². The fourth-order valence-electron chi connectivity index (χ4n) is 1.52. The van der Waals surface area contributed by atoms with Crippen LogP contribution in [-0.4, -0.2) is 19.5 Å². The van der Waals surface area contributed by atoms with Crippen LogP contribution in [0.15, 0.2) is 17.1 Å². The van der Waals surface area contributed by atoms with Gasteiger partial charge in [-0.05, 0) is 16.8 Å². The number of nitrogens with one attached hydrogen (secondary N) is 1. The SMILES string of the molecule is CCn1c(=O)[nH]c2c([N+](=O)[O-])nccc21. The molecule has 1 N–H and O–H groups in total. The summed E-state index contributed by atoms with van der Waals surface area (Å²) in [6.07, 6.45) is 1.32. The second-order valence-electron chi connectivity index (χ2n) is 2.96. The second kappa shape index (κ2) is 3.19. The van der Waals surface area contributed by atoms with E-state index in [1.165, 1.54) is 10.8 Å². The molecule has 15 heavy (non-hydrogen) atoms. The van der Waals surface area contributed by atoms with Crippen molar-refractivity contribution in [2.75, 3.05) is 0 Å². The Kier molecular flexibility index (Phi) is 2.00. The second-order valence-corrected chi connectivity index (χ2v) is 2.96. The summed E-state index contributed by atoms with van der Waals surface area (Å²) < 4.78 is 1.42. The molecule has 7 heteroatoms. The normalized spacial score (nSPS) is 10.7. The first kappa shape index (κ1) is 9.38. The van der Waals surface area contributed by atoms with Gasteiger partial charge in [0.15, 0.2) is 5.52 Å². The van der Waals surface area contributed by atoms with Gasteiger partial charge in [-0.1, -0.05) is 0 Å². The van der Waals surface area contributed by atoms with E-state index >= 15 is 0 Å². The molecule has 2 aromatic heterocycles. The maximum absolute atomic E-state index is 11.4. The van der Waals surface area contributed by atoms with Crippen molar-refractivity contribution in [3.8, 4) is 0 Å². The highest BCUT2D eigenvalue weighted by Gasteiger charge is 2.17. The fraction of sp³-hybridized carbons (Fsp3) is 0.250. The van der Waals surface area contributed by atoms with Gasteiger partial charge in [0.25, 0.3) is 0 Å². The molecule has 0 radical (unpaired) electrons. The molecule has 78 valence electrons. The van der Waals surface area contributed by atoms with E-state index in [2.05, 4.69) is 9.97 Å². The predicted octanol–water partition coefficient (Wildman–Crippen LogP) is 0.653. The molecule has 0 aliphatic carbocycles. The van der Waals surface area contributed by atoms with Gasteiger partial charge in [-0.2, -0.15) is 0 Å². The number of H-pyrrole nitrogens is 1. The number of nitro groups is 1. The number of aryl methyl sites for hydroxylation is 1. The number of nitrogens with zero attached hydrogens (tertiary/aromatic N) is 3. The minimum absolute atomic E-state index is 0.175. The first-order chi connectivity index (χ1) is 7.15. The Morgan fingerprint density at radius 2 is 2.40 bits per heavy atom. The highest BCUT2D eigenvalue weighted by Crippen LogP contribution is 2.18. The van der Waals surface area contributed by atoms with Crippen molar-refractivity contribution < 1.29 is 4.92 Å². The van der Waals surface area contributed by atoms with Gasteiger partial charge < -0.3 is 10.1 Å². The smallest absolute Gasteiger partial charge is 0.358 e. The average Bonchev–Trinajstić information content (AvgIpc) is 2.52. The van der Waals surface area contributed by atoms with Crippen LogP contribution >= 0.6 is 0 Å². The Bertz CT molecular complexity index is 583. The summed E-state index contributed by atoms with van der Waals surface area (Å²) in [7, 11) is 0. The number of pyridine rings is 1. The quantitative estimate of drug-likeness (QED) is 0.579. The van der Waals surface area contributed by atoms with Crippen molar-refractivity contribution in [2.45, 2.75) is 13.5 Å². The summed E-state index contributed by atoms with van der Waals surface area (Å²) in [5.74, 6) is -0.322. The lowest BCUT2D eigenvalue weighted by molar-refractivity contribution is -0.387. The summed E-state index contributed by atoms with van der Waals surface area (Å²) >= 11 is 0. The molecule has 0 saturated carbocycles. The summed E-state index contributed by atoms with van der Waals surface area (Å²) in [5.41, 5.74) is 0.321. The minimum Gasteiger partial charge on any atom is -0.358 e. The summed E-state index contributed by atoms with van der Waals surface area (Å²) in [6, 6.07) is 1.57. The topological polar surface area (TPSA) is 93.8 Å². The first-order valence-electron chi connectivity index (χ1n) is 4.37. The lowest BCUT2D eigenvalue weighted by Gasteiger charge is -1.96. The van der Waals surface area contributed by atoms with Crippen LogP contribution in [0.4, 0.5) is 5.82 Å². The van der Waals surface area contributed by atoms with E-state index in [1.807, 2.05) is 0 Å². The van der Waals surface area contributed by atoms with Crippen LogP contribution in [0, 0.1) is 10.1 Å². The molecule has 2 heterocycles. The van der Waals surface area contributed by atoms with Gasteiger partial charge in [-0.25, -0.2) is 4.79 Å². The number of rotatable bonds is 2. The van der Waals surface area contributed by atoms with Crippen molar-refractivity contribution in [1.29, 1.82) is 0 Å². The molecule has 0 unspecified atom stereocenters. The molecular formula is C8H8N4O3. The van der Waals surface area contributed by atoms with Crippen LogP contribution in [0.1, 0.15) is 6.92 Å². The van der Waals surface area contributed by atoms with Gasteiger partial charge in [0, 0.05) is 12.6 Å². The lowest BCUT2D eigenvalue weighted by atomic mass is 10.4. The molecule has 2 rings (SSSR count). The highest BCUT2D eigenvalue weighted by molar-refractivity contribution is 5.82. The lowest BCUT2D eigenvalue weighted by Crippen LogP contribution is -2.14. The van der Waals surface area contributed by atoms with Crippen LogP contribution in [0.2, 0.25) is 0 Å². The van der Waals surface area contributed by atoms with E-state index in [0.717, 1.165) is 0 Å². The van der Waals surface area contributed by atoms with E-state index in [0.29, 0.717) is 12.1 Å². The van der Waals surface area contributed by atoms with E-state index in [-0.39, 0.29) is 17.0 Å². The molecule has 0 bridgehead atoms. The van der Waals surface area contributed by atoms with Gasteiger partial charge in [-0.3, -0.25) is 9.55 Å². The largest absolute Gasteiger partial charge is 0.389 e. The summed E-state index contributed by atoms with van der Waals surface area (Å²) in [6.45, 7) is 2.25. The number of hydrogen-bond donors (Lipinski definition) is 1. The zero-order chi connectivity index (χ0) is 11.0. The van der Waals surface area contributed by atoms with Gasteiger partial charge in [-0.15, -0.1) is 0 Å². The molecule has 0 aliphatic rings. The molecule has 0 saturated heterocycles. The van der Waals surface area contributed by atoms with E-state index < -0.39 is 4.92 Å². The Labute approximate surface area is 83.5 Å². The molecule has 7 nitrogen and oxygen atoms in total.